The van der Waals surface area contributed by atoms with E-state index in [-0.39, 0.29) is 23.9 Å². The molecule has 0 aliphatic heterocycles. The molecule has 2 rings (SSSR count). The Bertz CT molecular complexity index is 871. The quantitative estimate of drug-likeness (QED) is 0.468. The summed E-state index contributed by atoms with van der Waals surface area (Å²) in [5.74, 6) is -0.913. The van der Waals surface area contributed by atoms with Gasteiger partial charge in [0, 0.05) is 25.2 Å². The molecule has 7 nitrogen and oxygen atoms in total. The van der Waals surface area contributed by atoms with Crippen LogP contribution in [0.5, 0.6) is 11.5 Å². The highest BCUT2D eigenvalue weighted by atomic mass is 32.2. The summed E-state index contributed by atoms with van der Waals surface area (Å²) in [7, 11) is -3.99. The molecule has 0 radical (unpaired) electrons. The highest BCUT2D eigenvalue weighted by Gasteiger charge is 2.30. The molecule has 154 valence electrons. The molecule has 0 amide bonds. The number of aliphatic hydroxyl groups excluding tert-OH is 1. The third kappa shape index (κ3) is 5.68. The number of nitrogens with two attached hydrogens (primary N) is 1. The van der Waals surface area contributed by atoms with Gasteiger partial charge in [0.15, 0.2) is 11.5 Å². The number of phenols is 2. The SMILES string of the molecule is CC(C)CN(C[C@@H](O)[C@@H](N)Cc1ccccc1)S(=O)(=O)c1ccc(O)c(O)c1. The largest absolute Gasteiger partial charge is 0.504 e. The van der Waals surface area contributed by atoms with Crippen molar-refractivity contribution in [1.29, 1.82) is 0 Å². The number of sulfonamides is 1. The molecule has 0 spiro atoms. The van der Waals surface area contributed by atoms with Crippen molar-refractivity contribution in [2.75, 3.05) is 13.1 Å². The Morgan fingerprint density at radius 2 is 1.64 bits per heavy atom. The number of rotatable bonds is 9. The Morgan fingerprint density at radius 1 is 1.00 bits per heavy atom. The lowest BCUT2D eigenvalue weighted by molar-refractivity contribution is 0.116. The van der Waals surface area contributed by atoms with Gasteiger partial charge in [-0.1, -0.05) is 44.2 Å². The average Bonchev–Trinajstić information content (AvgIpc) is 2.63. The smallest absolute Gasteiger partial charge is 0.243 e. The van der Waals surface area contributed by atoms with Crippen molar-refractivity contribution in [2.24, 2.45) is 11.7 Å². The normalized spacial score (nSPS) is 14.4. The van der Waals surface area contributed by atoms with Crippen molar-refractivity contribution in [3.8, 4) is 11.5 Å². The molecule has 8 heteroatoms. The summed E-state index contributed by atoms with van der Waals surface area (Å²) in [4.78, 5) is -0.160. The van der Waals surface area contributed by atoms with E-state index in [0.717, 1.165) is 17.7 Å². The second kappa shape index (κ2) is 9.38. The predicted octanol–water partition coefficient (Wildman–Crippen LogP) is 1.68. The molecule has 0 fully saturated rings. The van der Waals surface area contributed by atoms with Gasteiger partial charge in [0.1, 0.15) is 0 Å². The minimum absolute atomic E-state index is 0.0121. The van der Waals surface area contributed by atoms with Crippen LogP contribution >= 0.6 is 0 Å². The summed E-state index contributed by atoms with van der Waals surface area (Å²) < 4.78 is 27.2. The number of benzene rings is 2. The number of hydrogen-bond acceptors (Lipinski definition) is 6. The molecule has 0 saturated heterocycles. The summed E-state index contributed by atoms with van der Waals surface area (Å²) in [6.45, 7) is 3.75. The van der Waals surface area contributed by atoms with Crippen LogP contribution in [-0.4, -0.2) is 53.3 Å². The van der Waals surface area contributed by atoms with Crippen LogP contribution in [0.2, 0.25) is 0 Å². The first-order chi connectivity index (χ1) is 13.1. The van der Waals surface area contributed by atoms with Crippen molar-refractivity contribution in [3.63, 3.8) is 0 Å². The number of aliphatic hydroxyl groups is 1. The Labute approximate surface area is 166 Å². The summed E-state index contributed by atoms with van der Waals surface area (Å²) in [5, 5.41) is 29.6. The number of hydrogen-bond donors (Lipinski definition) is 4. The molecule has 0 unspecified atom stereocenters. The van der Waals surface area contributed by atoms with Gasteiger partial charge >= 0.3 is 0 Å². The van der Waals surface area contributed by atoms with Crippen LogP contribution in [0.25, 0.3) is 0 Å². The maximum absolute atomic E-state index is 13.0. The van der Waals surface area contributed by atoms with E-state index in [9.17, 15) is 23.7 Å². The molecule has 0 saturated carbocycles. The minimum atomic E-state index is -3.99. The maximum atomic E-state index is 13.0. The van der Waals surface area contributed by atoms with E-state index in [4.69, 9.17) is 5.73 Å². The first kappa shape index (κ1) is 22.2. The first-order valence-corrected chi connectivity index (χ1v) is 10.5. The van der Waals surface area contributed by atoms with Gasteiger partial charge in [0.05, 0.1) is 11.0 Å². The van der Waals surface area contributed by atoms with E-state index in [2.05, 4.69) is 0 Å². The second-order valence-corrected chi connectivity index (χ2v) is 9.23. The molecule has 0 bridgehead atoms. The molecule has 2 aromatic carbocycles. The molecule has 2 atom stereocenters. The van der Waals surface area contributed by atoms with Crippen molar-refractivity contribution in [3.05, 3.63) is 54.1 Å². The standard InChI is InChI=1S/C20H28N2O5S/c1-14(2)12-22(28(26,27)16-8-9-18(23)19(24)11-16)13-20(25)17(21)10-15-6-4-3-5-7-15/h3-9,11,14,17,20,23-25H,10,12-13,21H2,1-2H3/t17-,20+/m0/s1. The van der Waals surface area contributed by atoms with Crippen LogP contribution < -0.4 is 5.73 Å². The molecular formula is C20H28N2O5S. The van der Waals surface area contributed by atoms with E-state index in [0.29, 0.717) is 6.42 Å². The van der Waals surface area contributed by atoms with Crippen LogP contribution in [0.3, 0.4) is 0 Å². The maximum Gasteiger partial charge on any atom is 0.243 e. The highest BCUT2D eigenvalue weighted by Crippen LogP contribution is 2.29. The van der Waals surface area contributed by atoms with Crippen LogP contribution in [0.4, 0.5) is 0 Å². The van der Waals surface area contributed by atoms with Crippen LogP contribution in [0, 0.1) is 5.92 Å². The zero-order chi connectivity index (χ0) is 20.9. The fraction of sp³-hybridized carbons (Fsp3) is 0.400. The van der Waals surface area contributed by atoms with Crippen molar-refractivity contribution in [1.82, 2.24) is 4.31 Å². The van der Waals surface area contributed by atoms with E-state index in [1.54, 1.807) is 0 Å². The lowest BCUT2D eigenvalue weighted by atomic mass is 10.0. The van der Waals surface area contributed by atoms with Crippen LogP contribution in [0.1, 0.15) is 19.4 Å². The third-order valence-electron chi connectivity index (χ3n) is 4.35. The molecule has 0 aliphatic rings. The average molecular weight is 409 g/mol. The van der Waals surface area contributed by atoms with Gasteiger partial charge in [0.2, 0.25) is 10.0 Å². The van der Waals surface area contributed by atoms with E-state index < -0.39 is 33.7 Å². The van der Waals surface area contributed by atoms with Crippen LogP contribution in [0.15, 0.2) is 53.4 Å². The second-order valence-electron chi connectivity index (χ2n) is 7.29. The fourth-order valence-corrected chi connectivity index (χ4v) is 4.50. The third-order valence-corrected chi connectivity index (χ3v) is 6.18. The van der Waals surface area contributed by atoms with E-state index in [1.807, 2.05) is 44.2 Å². The van der Waals surface area contributed by atoms with Gasteiger partial charge in [-0.25, -0.2) is 8.42 Å². The van der Waals surface area contributed by atoms with Gasteiger partial charge in [-0.15, -0.1) is 0 Å². The molecule has 5 N–H and O–H groups in total. The van der Waals surface area contributed by atoms with Gasteiger partial charge in [-0.05, 0) is 30.0 Å². The van der Waals surface area contributed by atoms with Crippen molar-refractivity contribution in [2.45, 2.75) is 37.3 Å². The van der Waals surface area contributed by atoms with Crippen molar-refractivity contribution >= 4 is 10.0 Å². The minimum Gasteiger partial charge on any atom is -0.504 e. The van der Waals surface area contributed by atoms with Gasteiger partial charge in [0.25, 0.3) is 0 Å². The summed E-state index contributed by atoms with van der Waals surface area (Å²) in [5.41, 5.74) is 7.06. The zero-order valence-corrected chi connectivity index (χ0v) is 16.9. The Morgan fingerprint density at radius 3 is 2.21 bits per heavy atom. The summed E-state index contributed by atoms with van der Waals surface area (Å²) >= 11 is 0. The number of phenolic OH excluding ortho intramolecular Hbond substituents is 2. The van der Waals surface area contributed by atoms with Gasteiger partial charge in [-0.2, -0.15) is 4.31 Å². The van der Waals surface area contributed by atoms with E-state index in [1.165, 1.54) is 10.4 Å². The summed E-state index contributed by atoms with van der Waals surface area (Å²) in [6.07, 6.45) is -0.656. The predicted molar refractivity (Wildman–Crippen MR) is 107 cm³/mol. The Kier molecular flexibility index (Phi) is 7.42. The molecule has 28 heavy (non-hydrogen) atoms. The lowest BCUT2D eigenvalue weighted by Crippen LogP contribution is -2.47. The molecule has 2 aromatic rings. The number of aromatic hydroxyl groups is 2. The fourth-order valence-electron chi connectivity index (χ4n) is 2.86. The molecule has 0 aromatic heterocycles. The van der Waals surface area contributed by atoms with Gasteiger partial charge in [-0.3, -0.25) is 0 Å². The molecule has 0 aliphatic carbocycles. The lowest BCUT2D eigenvalue weighted by Gasteiger charge is -2.28. The summed E-state index contributed by atoms with van der Waals surface area (Å²) in [6, 6.07) is 12.1. The zero-order valence-electron chi connectivity index (χ0n) is 16.1. The monoisotopic (exact) mass is 408 g/mol. The van der Waals surface area contributed by atoms with Crippen molar-refractivity contribution < 1.29 is 23.7 Å². The van der Waals surface area contributed by atoms with Gasteiger partial charge < -0.3 is 21.1 Å². The highest BCUT2D eigenvalue weighted by molar-refractivity contribution is 7.89. The Balaban J connectivity index is 2.21. The van der Waals surface area contributed by atoms with E-state index >= 15 is 0 Å². The molecular weight excluding hydrogens is 380 g/mol. The molecule has 0 heterocycles. The Hall–Kier alpha value is -2.13. The van der Waals surface area contributed by atoms with Crippen LogP contribution in [-0.2, 0) is 16.4 Å². The topological polar surface area (TPSA) is 124 Å². The first-order valence-electron chi connectivity index (χ1n) is 9.11. The number of nitrogens with zero attached hydrogens (tertiary/aromatic N) is 1.